The summed E-state index contributed by atoms with van der Waals surface area (Å²) < 4.78 is 45.8. The molecule has 1 heterocycles. The van der Waals surface area contributed by atoms with E-state index in [1.165, 1.54) is 55.3 Å². The minimum atomic E-state index is -1.28. The molecule has 2 N–H and O–H groups in total. The first-order chi connectivity index (χ1) is 22.2. The van der Waals surface area contributed by atoms with Gasteiger partial charge in [0.2, 0.25) is 11.8 Å². The Morgan fingerprint density at radius 1 is 0.848 bits per heavy atom. The second kappa shape index (κ2) is 14.6. The molecule has 0 saturated heterocycles. The van der Waals surface area contributed by atoms with Crippen LogP contribution in [0.3, 0.4) is 0 Å². The van der Waals surface area contributed by atoms with Crippen LogP contribution in [0.2, 0.25) is 0 Å². The number of anilines is 2. The van der Waals surface area contributed by atoms with E-state index in [9.17, 15) is 18.8 Å². The first-order valence-corrected chi connectivity index (χ1v) is 15.8. The lowest BCUT2D eigenvalue weighted by Crippen LogP contribution is -2.35. The molecule has 4 aromatic rings. The fourth-order valence-electron chi connectivity index (χ4n) is 4.77. The molecule has 0 spiro atoms. The second-order valence-electron chi connectivity index (χ2n) is 10.8. The standard InChI is InChI=1S/C34H33F2N3O6S/c1-21(40)46-17-5-3-4-16-44-31-20-27-25(19-30(31)43-2)28(12-15-37-27)45-29-11-10-24(18-26(29)36)39-33(42)34(13-14-34)32(41)38-23-8-6-22(35)7-9-23/h6-12,15,18-20H,3-5,13-14,16-17H2,1-2H3,(H,38,41)(H,39,42). The number of nitrogens with zero attached hydrogens (tertiary/aromatic N) is 1. The first kappa shape index (κ1) is 32.7. The Balaban J connectivity index is 1.22. The molecule has 1 aliphatic rings. The number of amides is 2. The number of thioether (sulfide) groups is 1. The number of methoxy groups -OCH3 is 1. The van der Waals surface area contributed by atoms with E-state index in [4.69, 9.17) is 14.2 Å². The first-order valence-electron chi connectivity index (χ1n) is 14.8. The van der Waals surface area contributed by atoms with Crippen molar-refractivity contribution < 1.29 is 37.4 Å². The molecule has 46 heavy (non-hydrogen) atoms. The third kappa shape index (κ3) is 7.92. The maximum absolute atomic E-state index is 15.2. The van der Waals surface area contributed by atoms with Crippen molar-refractivity contribution in [1.29, 1.82) is 0 Å². The van der Waals surface area contributed by atoms with Gasteiger partial charge in [-0.3, -0.25) is 19.4 Å². The zero-order valence-electron chi connectivity index (χ0n) is 25.4. The van der Waals surface area contributed by atoms with Crippen molar-refractivity contribution in [1.82, 2.24) is 4.98 Å². The third-order valence-corrected chi connectivity index (χ3v) is 8.37. The fourth-order valence-corrected chi connectivity index (χ4v) is 5.40. The van der Waals surface area contributed by atoms with Crippen LogP contribution in [0, 0.1) is 17.0 Å². The molecule has 3 aromatic carbocycles. The van der Waals surface area contributed by atoms with Gasteiger partial charge in [-0.05, 0) is 80.6 Å². The molecule has 0 bridgehead atoms. The van der Waals surface area contributed by atoms with E-state index < -0.39 is 28.9 Å². The zero-order chi connectivity index (χ0) is 32.7. The van der Waals surface area contributed by atoms with Crippen LogP contribution >= 0.6 is 11.8 Å². The van der Waals surface area contributed by atoms with Gasteiger partial charge in [-0.2, -0.15) is 0 Å². The molecule has 0 unspecified atom stereocenters. The van der Waals surface area contributed by atoms with Gasteiger partial charge in [0, 0.05) is 47.8 Å². The summed E-state index contributed by atoms with van der Waals surface area (Å²) in [5.74, 6) is -0.204. The minimum Gasteiger partial charge on any atom is -0.493 e. The third-order valence-electron chi connectivity index (χ3n) is 7.47. The van der Waals surface area contributed by atoms with Crippen LogP contribution in [-0.2, 0) is 14.4 Å². The number of carbonyl (C=O) groups is 3. The number of nitrogens with one attached hydrogen (secondary N) is 2. The molecule has 0 radical (unpaired) electrons. The number of carbonyl (C=O) groups excluding carboxylic acids is 3. The Kier molecular flexibility index (Phi) is 10.4. The van der Waals surface area contributed by atoms with Gasteiger partial charge in [-0.1, -0.05) is 11.8 Å². The summed E-state index contributed by atoms with van der Waals surface area (Å²) in [7, 11) is 1.52. The van der Waals surface area contributed by atoms with E-state index in [2.05, 4.69) is 15.6 Å². The number of ether oxygens (including phenoxy) is 3. The van der Waals surface area contributed by atoms with E-state index >= 15 is 4.39 Å². The molecular formula is C34H33F2N3O6S. The van der Waals surface area contributed by atoms with E-state index in [1.54, 1.807) is 31.3 Å². The largest absolute Gasteiger partial charge is 0.493 e. The van der Waals surface area contributed by atoms with Crippen molar-refractivity contribution in [3.05, 3.63) is 78.5 Å². The van der Waals surface area contributed by atoms with Gasteiger partial charge in [0.15, 0.2) is 28.2 Å². The number of hydrogen-bond acceptors (Lipinski definition) is 8. The van der Waals surface area contributed by atoms with Crippen LogP contribution in [0.5, 0.6) is 23.0 Å². The highest BCUT2D eigenvalue weighted by Crippen LogP contribution is 2.47. The molecule has 0 aliphatic heterocycles. The predicted octanol–water partition coefficient (Wildman–Crippen LogP) is 7.50. The van der Waals surface area contributed by atoms with Gasteiger partial charge in [0.05, 0.1) is 19.2 Å². The van der Waals surface area contributed by atoms with Crippen LogP contribution in [0.1, 0.15) is 39.0 Å². The van der Waals surface area contributed by atoms with Crippen LogP contribution in [0.4, 0.5) is 20.2 Å². The van der Waals surface area contributed by atoms with Gasteiger partial charge in [0.25, 0.3) is 0 Å². The SMILES string of the molecule is COc1cc2c(Oc3ccc(NC(=O)C4(C(=O)Nc5ccc(F)cc5)CC4)cc3F)ccnc2cc1OCCCCCSC(C)=O. The van der Waals surface area contributed by atoms with E-state index in [1.807, 2.05) is 0 Å². The molecule has 12 heteroatoms. The van der Waals surface area contributed by atoms with Crippen molar-refractivity contribution in [3.8, 4) is 23.0 Å². The number of rotatable bonds is 14. The van der Waals surface area contributed by atoms with Gasteiger partial charge >= 0.3 is 0 Å². The van der Waals surface area contributed by atoms with Gasteiger partial charge in [-0.15, -0.1) is 0 Å². The number of benzene rings is 3. The topological polar surface area (TPSA) is 116 Å². The minimum absolute atomic E-state index is 0.0806. The molecule has 1 aromatic heterocycles. The Morgan fingerprint density at radius 3 is 2.24 bits per heavy atom. The highest BCUT2D eigenvalue weighted by molar-refractivity contribution is 8.13. The second-order valence-corrected chi connectivity index (χ2v) is 12.1. The summed E-state index contributed by atoms with van der Waals surface area (Å²) in [6.45, 7) is 2.03. The van der Waals surface area contributed by atoms with Crippen LogP contribution in [0.15, 0.2) is 66.9 Å². The molecule has 1 aliphatic carbocycles. The molecule has 9 nitrogen and oxygen atoms in total. The monoisotopic (exact) mass is 649 g/mol. The number of pyridine rings is 1. The summed E-state index contributed by atoms with van der Waals surface area (Å²) in [5.41, 5.74) is -0.191. The highest BCUT2D eigenvalue weighted by Gasteiger charge is 2.56. The number of hydrogen-bond donors (Lipinski definition) is 2. The lowest BCUT2D eigenvalue weighted by Gasteiger charge is -2.16. The maximum atomic E-state index is 15.2. The number of fused-ring (bicyclic) bond motifs is 1. The van der Waals surface area contributed by atoms with Crippen LogP contribution < -0.4 is 24.8 Å². The van der Waals surface area contributed by atoms with Gasteiger partial charge in [-0.25, -0.2) is 8.78 Å². The van der Waals surface area contributed by atoms with E-state index in [0.29, 0.717) is 53.3 Å². The summed E-state index contributed by atoms with van der Waals surface area (Å²) in [6, 6.07) is 14.3. The Labute approximate surface area is 269 Å². The number of aromatic nitrogens is 1. The maximum Gasteiger partial charge on any atom is 0.240 e. The molecule has 1 fully saturated rings. The van der Waals surface area contributed by atoms with Gasteiger partial charge < -0.3 is 24.8 Å². The molecule has 2 amide bonds. The average molecular weight is 650 g/mol. The van der Waals surface area contributed by atoms with Crippen LogP contribution in [0.25, 0.3) is 10.9 Å². The predicted molar refractivity (Wildman–Crippen MR) is 173 cm³/mol. The molecule has 240 valence electrons. The zero-order valence-corrected chi connectivity index (χ0v) is 26.2. The van der Waals surface area contributed by atoms with Gasteiger partial charge in [0.1, 0.15) is 17.0 Å². The summed E-state index contributed by atoms with van der Waals surface area (Å²) in [6.07, 6.45) is 4.87. The van der Waals surface area contributed by atoms with Crippen LogP contribution in [-0.4, -0.2) is 41.4 Å². The highest BCUT2D eigenvalue weighted by atomic mass is 32.2. The number of unbranched alkanes of at least 4 members (excludes halogenated alkanes) is 2. The quantitative estimate of drug-likeness (QED) is 0.107. The van der Waals surface area contributed by atoms with Crippen molar-refractivity contribution in [2.75, 3.05) is 30.1 Å². The fraction of sp³-hybridized carbons (Fsp3) is 0.294. The van der Waals surface area contributed by atoms with E-state index in [-0.39, 0.29) is 16.6 Å². The molecule has 0 atom stereocenters. The lowest BCUT2D eigenvalue weighted by atomic mass is 10.0. The summed E-state index contributed by atoms with van der Waals surface area (Å²) in [4.78, 5) is 41.3. The normalized spacial score (nSPS) is 13.1. The summed E-state index contributed by atoms with van der Waals surface area (Å²) in [5, 5.41) is 5.96. The Bertz CT molecular complexity index is 1750. The van der Waals surface area contributed by atoms with Crippen molar-refractivity contribution >= 4 is 51.0 Å². The smallest absolute Gasteiger partial charge is 0.240 e. The Hall–Kier alpha value is -4.71. The number of halogens is 2. The summed E-state index contributed by atoms with van der Waals surface area (Å²) >= 11 is 1.32. The molecule has 1 saturated carbocycles. The molecular weight excluding hydrogens is 616 g/mol. The average Bonchev–Trinajstić information content (AvgIpc) is 3.85. The van der Waals surface area contributed by atoms with Crippen molar-refractivity contribution in [3.63, 3.8) is 0 Å². The Morgan fingerprint density at radius 2 is 1.57 bits per heavy atom. The van der Waals surface area contributed by atoms with Crippen molar-refractivity contribution in [2.45, 2.75) is 39.0 Å². The van der Waals surface area contributed by atoms with Crippen molar-refractivity contribution in [2.24, 2.45) is 5.41 Å². The molecule has 5 rings (SSSR count). The van der Waals surface area contributed by atoms with E-state index in [0.717, 1.165) is 31.1 Å². The lowest BCUT2D eigenvalue weighted by molar-refractivity contribution is -0.131.